The molecule has 2 aliphatic carbocycles. The normalized spacial score (nSPS) is 22.6. The largest absolute Gasteiger partial charge is 0.334 e. The lowest BCUT2D eigenvalue weighted by Gasteiger charge is -2.44. The van der Waals surface area contributed by atoms with Gasteiger partial charge in [0.05, 0.1) is 0 Å². The zero-order valence-corrected chi connectivity index (χ0v) is 14.8. The Morgan fingerprint density at radius 3 is 2.30 bits per heavy atom. The Balaban J connectivity index is 2.02. The van der Waals surface area contributed by atoms with Gasteiger partial charge in [0.1, 0.15) is 8.24 Å². The highest BCUT2D eigenvalue weighted by molar-refractivity contribution is 6.79. The average Bonchev–Trinajstić information content (AvgIpc) is 2.90. The van der Waals surface area contributed by atoms with Crippen LogP contribution in [-0.2, 0) is 0 Å². The molecule has 0 spiro atoms. The Labute approximate surface area is 127 Å². The van der Waals surface area contributed by atoms with E-state index in [1.807, 2.05) is 0 Å². The van der Waals surface area contributed by atoms with Crippen LogP contribution in [0, 0.1) is 0 Å². The molecule has 0 bridgehead atoms. The molecule has 0 amide bonds. The van der Waals surface area contributed by atoms with Crippen LogP contribution < -0.4 is 4.98 Å². The summed E-state index contributed by atoms with van der Waals surface area (Å²) < 4.78 is 0. The fourth-order valence-electron chi connectivity index (χ4n) is 3.97. The molecular weight excluding hydrogens is 258 g/mol. The van der Waals surface area contributed by atoms with Crippen LogP contribution in [0.25, 0.3) is 0 Å². The van der Waals surface area contributed by atoms with E-state index in [0.717, 1.165) is 6.04 Å². The third-order valence-corrected chi connectivity index (χ3v) is 9.47. The molecule has 0 aromatic rings. The lowest BCUT2D eigenvalue weighted by atomic mass is 9.96. The van der Waals surface area contributed by atoms with Crippen molar-refractivity contribution in [3.8, 4) is 0 Å². The summed E-state index contributed by atoms with van der Waals surface area (Å²) >= 11 is 0. The van der Waals surface area contributed by atoms with Crippen molar-refractivity contribution in [2.45, 2.75) is 88.9 Å². The van der Waals surface area contributed by atoms with Crippen molar-refractivity contribution in [2.75, 3.05) is 0 Å². The van der Waals surface area contributed by atoms with Gasteiger partial charge in [-0.1, -0.05) is 82.8 Å². The zero-order valence-electron chi connectivity index (χ0n) is 13.8. The first kappa shape index (κ1) is 16.0. The van der Waals surface area contributed by atoms with Gasteiger partial charge in [-0.2, -0.15) is 0 Å². The van der Waals surface area contributed by atoms with Crippen molar-refractivity contribution in [3.05, 3.63) is 24.3 Å². The van der Waals surface area contributed by atoms with Crippen molar-refractivity contribution in [3.63, 3.8) is 0 Å². The molecule has 2 heteroatoms. The predicted molar refractivity (Wildman–Crippen MR) is 92.6 cm³/mol. The van der Waals surface area contributed by atoms with Crippen LogP contribution in [0.3, 0.4) is 0 Å². The van der Waals surface area contributed by atoms with Gasteiger partial charge >= 0.3 is 0 Å². The molecule has 1 nitrogen and oxygen atoms in total. The zero-order chi connectivity index (χ0) is 14.5. The van der Waals surface area contributed by atoms with E-state index in [1.54, 1.807) is 0 Å². The molecule has 1 saturated carbocycles. The highest BCUT2D eigenvalue weighted by Gasteiger charge is 2.44. The maximum Gasteiger partial charge on any atom is 0.133 e. The highest BCUT2D eigenvalue weighted by atomic mass is 28.3. The quantitative estimate of drug-likeness (QED) is 0.478. The molecule has 2 aliphatic rings. The molecule has 0 aromatic heterocycles. The van der Waals surface area contributed by atoms with Crippen molar-refractivity contribution in [1.29, 1.82) is 0 Å². The molecule has 1 fully saturated rings. The second kappa shape index (κ2) is 7.08. The van der Waals surface area contributed by atoms with Gasteiger partial charge in [0, 0.05) is 11.1 Å². The molecule has 0 heterocycles. The van der Waals surface area contributed by atoms with Gasteiger partial charge in [0.25, 0.3) is 0 Å². The lowest BCUT2D eigenvalue weighted by Crippen LogP contribution is -2.57. The maximum atomic E-state index is 4.14. The Hall–Kier alpha value is -0.343. The van der Waals surface area contributed by atoms with Gasteiger partial charge in [-0.25, -0.2) is 0 Å². The Bertz CT molecular complexity index is 338. The number of unbranched alkanes of at least 4 members (excludes halogenated alkanes) is 2. The summed E-state index contributed by atoms with van der Waals surface area (Å²) in [4.78, 5) is 4.14. The van der Waals surface area contributed by atoms with E-state index in [4.69, 9.17) is 0 Å². The SMILES string of the molecule is CCCCCC1([Si](C)(C)NC2CCCCC2)C=CC=C1. The van der Waals surface area contributed by atoms with E-state index < -0.39 is 8.24 Å². The highest BCUT2D eigenvalue weighted by Crippen LogP contribution is 2.47. The standard InChI is InChI=1S/C18H33NSi/c1-4-5-9-14-18(15-10-11-16-18)20(2,3)19-17-12-7-6-8-13-17/h10-11,15-17,19H,4-9,12-14H2,1-3H3. The Morgan fingerprint density at radius 2 is 1.70 bits per heavy atom. The molecule has 0 aliphatic heterocycles. The first-order valence-electron chi connectivity index (χ1n) is 8.74. The molecule has 2 rings (SSSR count). The van der Waals surface area contributed by atoms with Crippen molar-refractivity contribution < 1.29 is 0 Å². The maximum absolute atomic E-state index is 4.14. The topological polar surface area (TPSA) is 12.0 Å². The van der Waals surface area contributed by atoms with Crippen LogP contribution in [0.1, 0.15) is 64.7 Å². The summed E-state index contributed by atoms with van der Waals surface area (Å²) in [6.07, 6.45) is 22.1. The van der Waals surface area contributed by atoms with E-state index >= 15 is 0 Å². The number of rotatable bonds is 7. The molecule has 0 radical (unpaired) electrons. The van der Waals surface area contributed by atoms with E-state index in [9.17, 15) is 0 Å². The van der Waals surface area contributed by atoms with E-state index in [1.165, 1.54) is 57.8 Å². The molecule has 0 saturated heterocycles. The van der Waals surface area contributed by atoms with E-state index in [2.05, 4.69) is 49.3 Å². The predicted octanol–water partition coefficient (Wildman–Crippen LogP) is 5.56. The Morgan fingerprint density at radius 1 is 1.05 bits per heavy atom. The number of hydrogen-bond acceptors (Lipinski definition) is 1. The molecule has 0 aromatic carbocycles. The molecular formula is C18H33NSi. The molecule has 114 valence electrons. The fraction of sp³-hybridized carbons (Fsp3) is 0.778. The molecule has 1 N–H and O–H groups in total. The molecule has 0 atom stereocenters. The minimum absolute atomic E-state index is 0.361. The van der Waals surface area contributed by atoms with Gasteiger partial charge in [-0.15, -0.1) is 0 Å². The van der Waals surface area contributed by atoms with Crippen LogP contribution in [0.5, 0.6) is 0 Å². The summed E-state index contributed by atoms with van der Waals surface area (Å²) in [5, 5.41) is 0.361. The van der Waals surface area contributed by atoms with Gasteiger partial charge in [-0.3, -0.25) is 0 Å². The summed E-state index contributed by atoms with van der Waals surface area (Å²) in [5.41, 5.74) is 0. The monoisotopic (exact) mass is 291 g/mol. The third kappa shape index (κ3) is 3.65. The minimum Gasteiger partial charge on any atom is -0.334 e. The van der Waals surface area contributed by atoms with Crippen molar-refractivity contribution in [2.24, 2.45) is 0 Å². The summed E-state index contributed by atoms with van der Waals surface area (Å²) in [5.74, 6) is 0. The smallest absolute Gasteiger partial charge is 0.133 e. The van der Waals surface area contributed by atoms with Gasteiger partial charge < -0.3 is 4.98 Å². The molecule has 20 heavy (non-hydrogen) atoms. The van der Waals surface area contributed by atoms with Gasteiger partial charge in [0.2, 0.25) is 0 Å². The first-order valence-corrected chi connectivity index (χ1v) is 11.7. The second-order valence-electron chi connectivity index (χ2n) is 7.32. The summed E-state index contributed by atoms with van der Waals surface area (Å²) in [6, 6.07) is 0.788. The average molecular weight is 292 g/mol. The number of nitrogens with one attached hydrogen (secondary N) is 1. The molecule has 0 unspecified atom stereocenters. The van der Waals surface area contributed by atoms with Crippen LogP contribution in [0.2, 0.25) is 18.1 Å². The third-order valence-electron chi connectivity index (χ3n) is 5.43. The van der Waals surface area contributed by atoms with Crippen LogP contribution in [0.4, 0.5) is 0 Å². The van der Waals surface area contributed by atoms with Gasteiger partial charge in [-0.05, 0) is 19.3 Å². The number of allylic oxidation sites excluding steroid dienone is 4. The van der Waals surface area contributed by atoms with E-state index in [0.29, 0.717) is 5.04 Å². The van der Waals surface area contributed by atoms with Crippen LogP contribution in [-0.4, -0.2) is 14.3 Å². The van der Waals surface area contributed by atoms with Crippen molar-refractivity contribution in [1.82, 2.24) is 4.98 Å². The first-order chi connectivity index (χ1) is 9.60. The van der Waals surface area contributed by atoms with Gasteiger partial charge in [0.15, 0.2) is 0 Å². The number of hydrogen-bond donors (Lipinski definition) is 1. The summed E-state index contributed by atoms with van der Waals surface area (Å²) in [7, 11) is -1.48. The van der Waals surface area contributed by atoms with E-state index in [-0.39, 0.29) is 0 Å². The van der Waals surface area contributed by atoms with Crippen LogP contribution in [0.15, 0.2) is 24.3 Å². The Kier molecular flexibility index (Phi) is 5.68. The van der Waals surface area contributed by atoms with Crippen LogP contribution >= 0.6 is 0 Å². The second-order valence-corrected chi connectivity index (χ2v) is 11.8. The van der Waals surface area contributed by atoms with Crippen molar-refractivity contribution >= 4 is 8.24 Å². The summed E-state index contributed by atoms with van der Waals surface area (Å²) in [6.45, 7) is 7.40. The minimum atomic E-state index is -1.48. The fourth-order valence-corrected chi connectivity index (χ4v) is 7.37. The lowest BCUT2D eigenvalue weighted by molar-refractivity contribution is 0.409.